The van der Waals surface area contributed by atoms with Crippen LogP contribution in [-0.4, -0.2) is 44.2 Å². The van der Waals surface area contributed by atoms with E-state index in [0.717, 1.165) is 10.0 Å². The van der Waals surface area contributed by atoms with Crippen LogP contribution in [0.3, 0.4) is 0 Å². The fraction of sp³-hybridized carbons (Fsp3) is 0.600. The van der Waals surface area contributed by atoms with Crippen molar-refractivity contribution in [3.8, 4) is 5.75 Å². The van der Waals surface area contributed by atoms with E-state index >= 15 is 0 Å². The average Bonchev–Trinajstić information content (AvgIpc) is 2.44. The number of nitrogens with two attached hydrogens (primary N) is 1. The zero-order chi connectivity index (χ0) is 15.8. The summed E-state index contributed by atoms with van der Waals surface area (Å²) >= 11 is 3.41. The van der Waals surface area contributed by atoms with Crippen LogP contribution in [0.5, 0.6) is 5.75 Å². The quantitative estimate of drug-likeness (QED) is 0.705. The molecule has 2 unspecified atom stereocenters. The van der Waals surface area contributed by atoms with Gasteiger partial charge in [-0.15, -0.1) is 0 Å². The first-order chi connectivity index (χ1) is 9.93. The van der Waals surface area contributed by atoms with Crippen molar-refractivity contribution < 1.29 is 19.3 Å². The Bertz CT molecular complexity index is 428. The van der Waals surface area contributed by atoms with Gasteiger partial charge in [0.25, 0.3) is 0 Å². The van der Waals surface area contributed by atoms with E-state index in [1.807, 2.05) is 32.0 Å². The molecule has 0 aliphatic carbocycles. The van der Waals surface area contributed by atoms with E-state index in [0.29, 0.717) is 12.4 Å². The van der Waals surface area contributed by atoms with E-state index in [2.05, 4.69) is 15.9 Å². The molecule has 0 radical (unpaired) electrons. The molecule has 21 heavy (non-hydrogen) atoms. The third-order valence-electron chi connectivity index (χ3n) is 2.87. The fourth-order valence-electron chi connectivity index (χ4n) is 1.80. The molecule has 0 aliphatic heterocycles. The lowest BCUT2D eigenvalue weighted by molar-refractivity contribution is -0.0423. The molecule has 5 nitrogen and oxygen atoms in total. The van der Waals surface area contributed by atoms with Crippen molar-refractivity contribution in [2.45, 2.75) is 32.1 Å². The smallest absolute Gasteiger partial charge is 0.124 e. The highest BCUT2D eigenvalue weighted by atomic mass is 79.9. The predicted molar refractivity (Wildman–Crippen MR) is 85.5 cm³/mol. The summed E-state index contributed by atoms with van der Waals surface area (Å²) < 4.78 is 17.0. The summed E-state index contributed by atoms with van der Waals surface area (Å²) in [6, 6.07) is 5.49. The minimum Gasteiger partial charge on any atom is -0.490 e. The second-order valence-corrected chi connectivity index (χ2v) is 5.95. The Hall–Kier alpha value is -0.660. The highest BCUT2D eigenvalue weighted by Gasteiger charge is 2.12. The van der Waals surface area contributed by atoms with Crippen LogP contribution < -0.4 is 10.5 Å². The van der Waals surface area contributed by atoms with E-state index in [4.69, 9.17) is 19.9 Å². The molecular weight excluding hydrogens is 338 g/mol. The minimum absolute atomic E-state index is 0.0584. The number of aliphatic hydroxyl groups excluding tert-OH is 1. The molecule has 3 atom stereocenters. The maximum Gasteiger partial charge on any atom is 0.124 e. The highest BCUT2D eigenvalue weighted by Crippen LogP contribution is 2.27. The van der Waals surface area contributed by atoms with Gasteiger partial charge in [0.2, 0.25) is 0 Å². The standard InChI is InChI=1S/C15H24BrNO4/c1-10(7-19-3)20-8-13(18)9-21-15-5-4-12(16)6-14(15)11(2)17/h4-6,10-11,13,18H,7-9,17H2,1-3H3/t10?,11-,13?/m1/s1. The lowest BCUT2D eigenvalue weighted by atomic mass is 10.1. The molecule has 120 valence electrons. The molecule has 0 saturated carbocycles. The molecular formula is C15H24BrNO4. The third kappa shape index (κ3) is 6.76. The number of aliphatic hydroxyl groups is 1. The molecule has 0 aromatic heterocycles. The van der Waals surface area contributed by atoms with Gasteiger partial charge in [-0.05, 0) is 32.0 Å². The molecule has 1 aromatic rings. The summed E-state index contributed by atoms with van der Waals surface area (Å²) in [6.45, 7) is 4.63. The van der Waals surface area contributed by atoms with Gasteiger partial charge in [-0.2, -0.15) is 0 Å². The number of methoxy groups -OCH3 is 1. The lowest BCUT2D eigenvalue weighted by Gasteiger charge is -2.18. The van der Waals surface area contributed by atoms with Gasteiger partial charge in [0.05, 0.1) is 19.3 Å². The van der Waals surface area contributed by atoms with Gasteiger partial charge in [-0.1, -0.05) is 15.9 Å². The Labute approximate surface area is 134 Å². The lowest BCUT2D eigenvalue weighted by Crippen LogP contribution is -2.27. The van der Waals surface area contributed by atoms with Crippen LogP contribution in [0.2, 0.25) is 0 Å². The van der Waals surface area contributed by atoms with Crippen molar-refractivity contribution in [1.29, 1.82) is 0 Å². The second-order valence-electron chi connectivity index (χ2n) is 5.03. The maximum atomic E-state index is 9.88. The van der Waals surface area contributed by atoms with Gasteiger partial charge in [0.15, 0.2) is 0 Å². The molecule has 6 heteroatoms. The van der Waals surface area contributed by atoms with Gasteiger partial charge in [-0.25, -0.2) is 0 Å². The van der Waals surface area contributed by atoms with E-state index in [1.165, 1.54) is 0 Å². The zero-order valence-corrected chi connectivity index (χ0v) is 14.3. The molecule has 1 aromatic carbocycles. The number of hydrogen-bond acceptors (Lipinski definition) is 5. The normalized spacial score (nSPS) is 15.5. The van der Waals surface area contributed by atoms with Crippen LogP contribution in [0, 0.1) is 0 Å². The van der Waals surface area contributed by atoms with Crippen LogP contribution in [-0.2, 0) is 9.47 Å². The Morgan fingerprint density at radius 2 is 1.95 bits per heavy atom. The van der Waals surface area contributed by atoms with Gasteiger partial charge < -0.3 is 25.1 Å². The first kappa shape index (κ1) is 18.4. The molecule has 0 bridgehead atoms. The molecule has 1 rings (SSSR count). The van der Waals surface area contributed by atoms with Crippen LogP contribution in [0.4, 0.5) is 0 Å². The summed E-state index contributed by atoms with van der Waals surface area (Å²) in [5.41, 5.74) is 6.81. The molecule has 0 amide bonds. The number of hydrogen-bond donors (Lipinski definition) is 2. The molecule has 0 heterocycles. The van der Waals surface area contributed by atoms with Crippen molar-refractivity contribution in [1.82, 2.24) is 0 Å². The first-order valence-electron chi connectivity index (χ1n) is 6.90. The number of ether oxygens (including phenoxy) is 3. The van der Waals surface area contributed by atoms with Crippen molar-refractivity contribution >= 4 is 15.9 Å². The summed E-state index contributed by atoms with van der Waals surface area (Å²) in [6.07, 6.45) is -0.758. The fourth-order valence-corrected chi connectivity index (χ4v) is 2.18. The van der Waals surface area contributed by atoms with Crippen molar-refractivity contribution in [3.63, 3.8) is 0 Å². The SMILES string of the molecule is COCC(C)OCC(O)COc1ccc(Br)cc1[C@@H](C)N. The largest absolute Gasteiger partial charge is 0.490 e. The molecule has 0 spiro atoms. The van der Waals surface area contributed by atoms with Crippen LogP contribution in [0.1, 0.15) is 25.5 Å². The summed E-state index contributed by atoms with van der Waals surface area (Å²) in [5.74, 6) is 0.678. The maximum absolute atomic E-state index is 9.88. The topological polar surface area (TPSA) is 73.9 Å². The average molecular weight is 362 g/mol. The Balaban J connectivity index is 2.47. The van der Waals surface area contributed by atoms with Gasteiger partial charge in [0.1, 0.15) is 18.5 Å². The molecule has 3 N–H and O–H groups in total. The van der Waals surface area contributed by atoms with E-state index in [9.17, 15) is 5.11 Å². The van der Waals surface area contributed by atoms with Crippen LogP contribution in [0.25, 0.3) is 0 Å². The molecule has 0 fully saturated rings. The summed E-state index contributed by atoms with van der Waals surface area (Å²) in [4.78, 5) is 0. The Morgan fingerprint density at radius 1 is 1.24 bits per heavy atom. The van der Waals surface area contributed by atoms with E-state index in [1.54, 1.807) is 7.11 Å². The highest BCUT2D eigenvalue weighted by molar-refractivity contribution is 9.10. The van der Waals surface area contributed by atoms with E-state index < -0.39 is 6.10 Å². The molecule has 0 saturated heterocycles. The Kier molecular flexibility index (Phi) is 8.21. The zero-order valence-electron chi connectivity index (χ0n) is 12.7. The van der Waals surface area contributed by atoms with Crippen molar-refractivity contribution in [2.75, 3.05) is 26.9 Å². The van der Waals surface area contributed by atoms with Crippen LogP contribution in [0.15, 0.2) is 22.7 Å². The third-order valence-corrected chi connectivity index (χ3v) is 3.36. The Morgan fingerprint density at radius 3 is 2.57 bits per heavy atom. The monoisotopic (exact) mass is 361 g/mol. The number of benzene rings is 1. The van der Waals surface area contributed by atoms with Gasteiger partial charge in [0, 0.05) is 23.2 Å². The van der Waals surface area contributed by atoms with Crippen molar-refractivity contribution in [2.24, 2.45) is 5.73 Å². The predicted octanol–water partition coefficient (Wildman–Crippen LogP) is 2.26. The van der Waals surface area contributed by atoms with Crippen molar-refractivity contribution in [3.05, 3.63) is 28.2 Å². The van der Waals surface area contributed by atoms with Crippen LogP contribution >= 0.6 is 15.9 Å². The number of rotatable bonds is 9. The summed E-state index contributed by atoms with van der Waals surface area (Å²) in [5, 5.41) is 9.88. The summed E-state index contributed by atoms with van der Waals surface area (Å²) in [7, 11) is 1.61. The van der Waals surface area contributed by atoms with Gasteiger partial charge >= 0.3 is 0 Å². The number of halogens is 1. The van der Waals surface area contributed by atoms with Gasteiger partial charge in [-0.3, -0.25) is 0 Å². The first-order valence-corrected chi connectivity index (χ1v) is 7.69. The van der Waals surface area contributed by atoms with E-state index in [-0.39, 0.29) is 25.4 Å². The minimum atomic E-state index is -0.700. The second kappa shape index (κ2) is 9.38. The molecule has 0 aliphatic rings.